The molecular formula is C27H30ClNO4. The normalized spacial score (nSPS) is 10.8. The lowest BCUT2D eigenvalue weighted by atomic mass is 9.98. The smallest absolute Gasteiger partial charge is 0.138 e. The highest BCUT2D eigenvalue weighted by Gasteiger charge is 2.17. The quantitative estimate of drug-likeness (QED) is 0.299. The third-order valence-corrected chi connectivity index (χ3v) is 5.46. The van der Waals surface area contributed by atoms with Gasteiger partial charge in [0.25, 0.3) is 0 Å². The van der Waals surface area contributed by atoms with Crippen molar-refractivity contribution in [1.29, 1.82) is 0 Å². The van der Waals surface area contributed by atoms with Crippen LogP contribution in [0.1, 0.15) is 11.1 Å². The minimum atomic E-state index is 0. The first kappa shape index (κ1) is 24.5. The first-order chi connectivity index (χ1) is 15.6. The highest BCUT2D eigenvalue weighted by Crippen LogP contribution is 2.37. The molecule has 1 heterocycles. The van der Waals surface area contributed by atoms with Crippen LogP contribution in [0, 0.1) is 0 Å². The summed E-state index contributed by atoms with van der Waals surface area (Å²) in [5.74, 6) is 3.34. The van der Waals surface area contributed by atoms with Crippen molar-refractivity contribution in [3.8, 4) is 28.6 Å². The molecule has 0 fully saturated rings. The van der Waals surface area contributed by atoms with Crippen LogP contribution in [0.5, 0.6) is 17.2 Å². The second-order valence-electron chi connectivity index (χ2n) is 7.97. The maximum Gasteiger partial charge on any atom is 0.138 e. The maximum absolute atomic E-state index is 6.32. The number of likely N-dealkylation sites (N-methyl/N-ethyl adjacent to an activating group) is 1. The lowest BCUT2D eigenvalue weighted by Gasteiger charge is -2.11. The van der Waals surface area contributed by atoms with E-state index in [4.69, 9.17) is 18.6 Å². The van der Waals surface area contributed by atoms with Crippen LogP contribution in [0.3, 0.4) is 0 Å². The first-order valence-electron chi connectivity index (χ1n) is 10.7. The Morgan fingerprint density at radius 3 is 2.06 bits per heavy atom. The number of rotatable bonds is 9. The van der Waals surface area contributed by atoms with Crippen LogP contribution in [-0.2, 0) is 6.42 Å². The Balaban J connectivity index is 0.00000306. The minimum Gasteiger partial charge on any atom is -0.497 e. The van der Waals surface area contributed by atoms with Crippen molar-refractivity contribution in [3.05, 3.63) is 77.9 Å². The number of benzene rings is 3. The molecule has 0 N–H and O–H groups in total. The number of nitrogens with zero attached hydrogens (tertiary/aromatic N) is 1. The van der Waals surface area contributed by atoms with Crippen LogP contribution in [0.25, 0.3) is 22.3 Å². The molecule has 0 spiro atoms. The molecule has 0 unspecified atom stereocenters. The molecule has 174 valence electrons. The standard InChI is InChI=1S/C27H29NO4.ClH/c1-28(2)15-16-31-22-9-5-19(6-10-22)17-25-24-14-13-23(30-4)18-26(24)32-27(25)20-7-11-21(29-3)12-8-20;/h5-14,18H,15-17H2,1-4H3;1H. The fraction of sp³-hybridized carbons (Fsp3) is 0.259. The summed E-state index contributed by atoms with van der Waals surface area (Å²) in [6.45, 7) is 1.56. The Hall–Kier alpha value is -3.15. The third kappa shape index (κ3) is 5.81. The molecule has 0 aliphatic carbocycles. The molecule has 4 rings (SSSR count). The fourth-order valence-corrected chi connectivity index (χ4v) is 3.66. The summed E-state index contributed by atoms with van der Waals surface area (Å²) in [6, 6.07) is 22.2. The molecule has 5 nitrogen and oxygen atoms in total. The molecule has 3 aromatic carbocycles. The van der Waals surface area contributed by atoms with Gasteiger partial charge in [-0.25, -0.2) is 0 Å². The lowest BCUT2D eigenvalue weighted by molar-refractivity contribution is 0.261. The van der Waals surface area contributed by atoms with Crippen molar-refractivity contribution in [2.24, 2.45) is 0 Å². The van der Waals surface area contributed by atoms with E-state index in [0.29, 0.717) is 6.61 Å². The highest BCUT2D eigenvalue weighted by atomic mass is 35.5. The number of fused-ring (bicyclic) bond motifs is 1. The van der Waals surface area contributed by atoms with E-state index in [-0.39, 0.29) is 12.4 Å². The van der Waals surface area contributed by atoms with Crippen LogP contribution in [0.15, 0.2) is 71.1 Å². The summed E-state index contributed by atoms with van der Waals surface area (Å²) in [5.41, 5.74) is 4.17. The molecule has 6 heteroatoms. The van der Waals surface area contributed by atoms with Gasteiger partial charge >= 0.3 is 0 Å². The van der Waals surface area contributed by atoms with E-state index in [9.17, 15) is 0 Å². The Labute approximate surface area is 201 Å². The summed E-state index contributed by atoms with van der Waals surface area (Å²) in [6.07, 6.45) is 0.749. The zero-order chi connectivity index (χ0) is 22.5. The molecule has 0 aliphatic rings. The molecule has 0 bridgehead atoms. The SMILES string of the molecule is COc1ccc(-c2oc3cc(OC)ccc3c2Cc2ccc(OCCN(C)C)cc2)cc1.Cl. The second-order valence-corrected chi connectivity index (χ2v) is 7.97. The number of furan rings is 1. The van der Waals surface area contributed by atoms with Crippen LogP contribution in [0.2, 0.25) is 0 Å². The molecule has 0 saturated carbocycles. The van der Waals surface area contributed by atoms with Gasteiger partial charge in [0.15, 0.2) is 0 Å². The number of methoxy groups -OCH3 is 2. The van der Waals surface area contributed by atoms with E-state index in [2.05, 4.69) is 23.1 Å². The van der Waals surface area contributed by atoms with Crippen molar-refractivity contribution in [3.63, 3.8) is 0 Å². The maximum atomic E-state index is 6.32. The van der Waals surface area contributed by atoms with Gasteiger partial charge in [0.1, 0.15) is 35.2 Å². The van der Waals surface area contributed by atoms with Gasteiger partial charge in [-0.3, -0.25) is 0 Å². The number of hydrogen-bond donors (Lipinski definition) is 0. The highest BCUT2D eigenvalue weighted by molar-refractivity contribution is 5.89. The Morgan fingerprint density at radius 1 is 0.788 bits per heavy atom. The van der Waals surface area contributed by atoms with Gasteiger partial charge < -0.3 is 23.5 Å². The lowest BCUT2D eigenvalue weighted by Crippen LogP contribution is -2.19. The zero-order valence-electron chi connectivity index (χ0n) is 19.5. The monoisotopic (exact) mass is 467 g/mol. The van der Waals surface area contributed by atoms with Gasteiger partial charge in [-0.05, 0) is 68.2 Å². The zero-order valence-corrected chi connectivity index (χ0v) is 20.3. The fourth-order valence-electron chi connectivity index (χ4n) is 3.66. The van der Waals surface area contributed by atoms with Gasteiger partial charge in [0.2, 0.25) is 0 Å². The van der Waals surface area contributed by atoms with Gasteiger partial charge in [0.05, 0.1) is 14.2 Å². The van der Waals surface area contributed by atoms with Crippen LogP contribution in [0.4, 0.5) is 0 Å². The van der Waals surface area contributed by atoms with E-state index in [0.717, 1.165) is 58.1 Å². The topological polar surface area (TPSA) is 44.1 Å². The molecule has 0 aliphatic heterocycles. The van der Waals surface area contributed by atoms with Gasteiger partial charge in [0, 0.05) is 35.5 Å². The average molecular weight is 468 g/mol. The van der Waals surface area contributed by atoms with Gasteiger partial charge in [-0.2, -0.15) is 0 Å². The van der Waals surface area contributed by atoms with Crippen molar-refractivity contribution in [1.82, 2.24) is 4.90 Å². The number of ether oxygens (including phenoxy) is 3. The molecule has 33 heavy (non-hydrogen) atoms. The van der Waals surface area contributed by atoms with E-state index >= 15 is 0 Å². The van der Waals surface area contributed by atoms with E-state index < -0.39 is 0 Å². The Bertz CT molecular complexity index is 1170. The van der Waals surface area contributed by atoms with Crippen molar-refractivity contribution >= 4 is 23.4 Å². The van der Waals surface area contributed by atoms with E-state index in [1.165, 1.54) is 5.56 Å². The van der Waals surface area contributed by atoms with Crippen LogP contribution in [-0.4, -0.2) is 46.4 Å². The van der Waals surface area contributed by atoms with E-state index in [1.54, 1.807) is 14.2 Å². The first-order valence-corrected chi connectivity index (χ1v) is 10.7. The summed E-state index contributed by atoms with van der Waals surface area (Å²) in [7, 11) is 7.41. The summed E-state index contributed by atoms with van der Waals surface area (Å²) in [4.78, 5) is 2.11. The molecule has 1 aromatic heterocycles. The molecule has 0 radical (unpaired) electrons. The predicted octanol–water partition coefficient (Wildman–Crippen LogP) is 6.07. The van der Waals surface area contributed by atoms with Gasteiger partial charge in [-0.1, -0.05) is 12.1 Å². The average Bonchev–Trinajstić information content (AvgIpc) is 3.17. The summed E-state index contributed by atoms with van der Waals surface area (Å²) < 4.78 is 22.9. The molecular weight excluding hydrogens is 438 g/mol. The molecule has 0 saturated heterocycles. The van der Waals surface area contributed by atoms with Crippen molar-refractivity contribution in [2.75, 3.05) is 41.5 Å². The van der Waals surface area contributed by atoms with Crippen molar-refractivity contribution < 1.29 is 18.6 Å². The second kappa shape index (κ2) is 11.1. The van der Waals surface area contributed by atoms with Crippen molar-refractivity contribution in [2.45, 2.75) is 6.42 Å². The Kier molecular flexibility index (Phi) is 8.26. The number of halogens is 1. The predicted molar refractivity (Wildman–Crippen MR) is 135 cm³/mol. The van der Waals surface area contributed by atoms with Crippen LogP contribution < -0.4 is 14.2 Å². The third-order valence-electron chi connectivity index (χ3n) is 5.46. The van der Waals surface area contributed by atoms with Gasteiger partial charge in [-0.15, -0.1) is 12.4 Å². The Morgan fingerprint density at radius 2 is 1.42 bits per heavy atom. The number of hydrogen-bond acceptors (Lipinski definition) is 5. The molecule has 4 aromatic rings. The largest absolute Gasteiger partial charge is 0.497 e. The minimum absolute atomic E-state index is 0. The van der Waals surface area contributed by atoms with E-state index in [1.807, 2.05) is 62.6 Å². The van der Waals surface area contributed by atoms with Crippen LogP contribution >= 0.6 is 12.4 Å². The summed E-state index contributed by atoms with van der Waals surface area (Å²) >= 11 is 0. The molecule has 0 atom stereocenters. The summed E-state index contributed by atoms with van der Waals surface area (Å²) in [5, 5.41) is 1.09. The molecule has 0 amide bonds.